The average Bonchev–Trinajstić information content (AvgIpc) is 3.00. The third kappa shape index (κ3) is 1.16. The minimum atomic E-state index is -0.831. The van der Waals surface area contributed by atoms with Crippen molar-refractivity contribution in [3.05, 3.63) is 11.1 Å². The molecule has 3 saturated carbocycles. The summed E-state index contributed by atoms with van der Waals surface area (Å²) in [6, 6.07) is 0. The van der Waals surface area contributed by atoms with Gasteiger partial charge in [0.15, 0.2) is 0 Å². The summed E-state index contributed by atoms with van der Waals surface area (Å²) >= 11 is 0. The molecule has 0 aromatic rings. The molecule has 4 heteroatoms. The molecule has 0 bridgehead atoms. The number of carbonyl (C=O) groups excluding carboxylic acids is 1. The van der Waals surface area contributed by atoms with Crippen LogP contribution in [0.4, 0.5) is 0 Å². The van der Waals surface area contributed by atoms with E-state index in [2.05, 4.69) is 6.92 Å². The first-order valence-electron chi connectivity index (χ1n) is 7.10. The Morgan fingerprint density at radius 1 is 1.32 bits per heavy atom. The van der Waals surface area contributed by atoms with Crippen molar-refractivity contribution < 1.29 is 19.7 Å². The van der Waals surface area contributed by atoms with E-state index in [0.717, 1.165) is 12.8 Å². The maximum absolute atomic E-state index is 11.7. The van der Waals surface area contributed by atoms with Crippen LogP contribution in [0.15, 0.2) is 11.1 Å². The van der Waals surface area contributed by atoms with Gasteiger partial charge in [0.05, 0.1) is 11.7 Å². The normalized spacial score (nSPS) is 58.6. The molecular weight excluding hydrogens is 244 g/mol. The van der Waals surface area contributed by atoms with Gasteiger partial charge in [0.1, 0.15) is 6.10 Å². The molecule has 0 spiro atoms. The number of aliphatic hydroxyl groups excluding tert-OH is 1. The predicted octanol–water partition coefficient (Wildman–Crippen LogP) is 1.02. The number of carbonyl (C=O) groups is 1. The highest BCUT2D eigenvalue weighted by Gasteiger charge is 2.75. The highest BCUT2D eigenvalue weighted by Crippen LogP contribution is 2.73. The lowest BCUT2D eigenvalue weighted by atomic mass is 9.59. The minimum Gasteiger partial charge on any atom is -0.454 e. The van der Waals surface area contributed by atoms with Crippen LogP contribution in [0, 0.1) is 23.2 Å². The summed E-state index contributed by atoms with van der Waals surface area (Å²) in [6.07, 6.45) is 0.743. The van der Waals surface area contributed by atoms with Crippen molar-refractivity contribution in [1.29, 1.82) is 0 Å². The summed E-state index contributed by atoms with van der Waals surface area (Å²) in [7, 11) is 0. The first kappa shape index (κ1) is 11.9. The second kappa shape index (κ2) is 3.07. The van der Waals surface area contributed by atoms with Crippen LogP contribution in [0.3, 0.4) is 0 Å². The van der Waals surface area contributed by atoms with E-state index >= 15 is 0 Å². The molecule has 1 heterocycles. The van der Waals surface area contributed by atoms with E-state index in [-0.39, 0.29) is 23.4 Å². The molecule has 0 radical (unpaired) electrons. The first-order valence-corrected chi connectivity index (χ1v) is 7.10. The van der Waals surface area contributed by atoms with E-state index in [9.17, 15) is 15.0 Å². The van der Waals surface area contributed by atoms with Gasteiger partial charge in [0, 0.05) is 17.1 Å². The summed E-state index contributed by atoms with van der Waals surface area (Å²) in [4.78, 5) is 11.7. The second-order valence-corrected chi connectivity index (χ2v) is 7.28. The van der Waals surface area contributed by atoms with Crippen LogP contribution in [0.1, 0.15) is 33.6 Å². The van der Waals surface area contributed by atoms with Crippen LogP contribution in [0.5, 0.6) is 0 Å². The third-order valence-corrected chi connectivity index (χ3v) is 6.32. The highest BCUT2D eigenvalue weighted by atomic mass is 16.5. The molecule has 4 rings (SSSR count). The Morgan fingerprint density at radius 3 is 2.68 bits per heavy atom. The Kier molecular flexibility index (Phi) is 1.92. The zero-order chi connectivity index (χ0) is 13.7. The van der Waals surface area contributed by atoms with Crippen molar-refractivity contribution in [2.45, 2.75) is 51.4 Å². The van der Waals surface area contributed by atoms with Crippen molar-refractivity contribution in [2.24, 2.45) is 23.2 Å². The zero-order valence-corrected chi connectivity index (χ0v) is 11.5. The van der Waals surface area contributed by atoms with Gasteiger partial charge < -0.3 is 14.9 Å². The standard InChI is InChI=1S/C15H20O4/c1-6-10-9(19-13(6)17)5-14(2)7-4-8(7)15(3,18)12(14)11(10)16/h7-9,11-12,16,18H,4-5H2,1-3H3. The van der Waals surface area contributed by atoms with Gasteiger partial charge in [-0.05, 0) is 43.9 Å². The van der Waals surface area contributed by atoms with Gasteiger partial charge in [-0.15, -0.1) is 0 Å². The fourth-order valence-electron chi connectivity index (χ4n) is 5.44. The topological polar surface area (TPSA) is 66.8 Å². The van der Waals surface area contributed by atoms with Gasteiger partial charge in [-0.3, -0.25) is 0 Å². The number of hydrogen-bond donors (Lipinski definition) is 2. The number of aliphatic hydroxyl groups is 2. The molecule has 3 aliphatic carbocycles. The van der Waals surface area contributed by atoms with E-state index in [4.69, 9.17) is 4.74 Å². The molecule has 7 unspecified atom stereocenters. The van der Waals surface area contributed by atoms with E-state index in [1.807, 2.05) is 6.92 Å². The van der Waals surface area contributed by atoms with Gasteiger partial charge in [0.2, 0.25) is 0 Å². The Labute approximate surface area is 112 Å². The van der Waals surface area contributed by atoms with Crippen LogP contribution in [-0.4, -0.2) is 34.0 Å². The van der Waals surface area contributed by atoms with E-state index in [1.165, 1.54) is 0 Å². The SMILES string of the molecule is CC1=C2C(CC3(C)C4CC4C(C)(O)C3C2O)OC1=O. The summed E-state index contributed by atoms with van der Waals surface area (Å²) in [6.45, 7) is 5.71. The molecule has 3 fully saturated rings. The van der Waals surface area contributed by atoms with Gasteiger partial charge in [0.25, 0.3) is 0 Å². The van der Waals surface area contributed by atoms with Crippen molar-refractivity contribution in [3.63, 3.8) is 0 Å². The molecule has 2 N–H and O–H groups in total. The van der Waals surface area contributed by atoms with Gasteiger partial charge in [-0.1, -0.05) is 6.92 Å². The molecule has 1 aliphatic heterocycles. The Balaban J connectivity index is 1.84. The Hall–Kier alpha value is -0.870. The van der Waals surface area contributed by atoms with Crippen molar-refractivity contribution in [1.82, 2.24) is 0 Å². The van der Waals surface area contributed by atoms with Crippen molar-refractivity contribution in [3.8, 4) is 0 Å². The zero-order valence-electron chi connectivity index (χ0n) is 11.5. The molecule has 0 saturated heterocycles. The number of esters is 1. The summed E-state index contributed by atoms with van der Waals surface area (Å²) in [5.74, 6) is 0.268. The molecule has 4 aliphatic rings. The summed E-state index contributed by atoms with van der Waals surface area (Å²) in [5.41, 5.74) is 0.306. The summed E-state index contributed by atoms with van der Waals surface area (Å²) < 4.78 is 5.40. The quantitative estimate of drug-likeness (QED) is 0.641. The molecule has 0 aromatic carbocycles. The maximum atomic E-state index is 11.7. The molecule has 7 atom stereocenters. The van der Waals surface area contributed by atoms with Crippen molar-refractivity contribution >= 4 is 5.97 Å². The smallest absolute Gasteiger partial charge is 0.334 e. The first-order chi connectivity index (χ1) is 8.78. The minimum absolute atomic E-state index is 0.118. The van der Waals surface area contributed by atoms with Gasteiger partial charge in [-0.2, -0.15) is 0 Å². The molecular formula is C15H20O4. The second-order valence-electron chi connectivity index (χ2n) is 7.28. The maximum Gasteiger partial charge on any atom is 0.334 e. The molecule has 104 valence electrons. The monoisotopic (exact) mass is 264 g/mol. The van der Waals surface area contributed by atoms with Gasteiger partial charge in [-0.25, -0.2) is 4.79 Å². The number of hydrogen-bond acceptors (Lipinski definition) is 4. The lowest BCUT2D eigenvalue weighted by Gasteiger charge is -2.48. The van der Waals surface area contributed by atoms with Gasteiger partial charge >= 0.3 is 5.97 Å². The lowest BCUT2D eigenvalue weighted by Crippen LogP contribution is -2.54. The van der Waals surface area contributed by atoms with E-state index in [0.29, 0.717) is 23.0 Å². The molecule has 19 heavy (non-hydrogen) atoms. The average molecular weight is 264 g/mol. The summed E-state index contributed by atoms with van der Waals surface area (Å²) in [5, 5.41) is 21.5. The Morgan fingerprint density at radius 2 is 2.00 bits per heavy atom. The van der Waals surface area contributed by atoms with Crippen LogP contribution >= 0.6 is 0 Å². The van der Waals surface area contributed by atoms with Crippen molar-refractivity contribution in [2.75, 3.05) is 0 Å². The van der Waals surface area contributed by atoms with Crippen LogP contribution in [-0.2, 0) is 9.53 Å². The number of fused-ring (bicyclic) bond motifs is 4. The van der Waals surface area contributed by atoms with Crippen LogP contribution in [0.2, 0.25) is 0 Å². The molecule has 0 amide bonds. The fourth-order valence-corrected chi connectivity index (χ4v) is 5.44. The van der Waals surface area contributed by atoms with E-state index < -0.39 is 11.7 Å². The molecule has 0 aromatic heterocycles. The van der Waals surface area contributed by atoms with Crippen LogP contribution in [0.25, 0.3) is 0 Å². The fraction of sp³-hybridized carbons (Fsp3) is 0.800. The third-order valence-electron chi connectivity index (χ3n) is 6.32. The van der Waals surface area contributed by atoms with Crippen LogP contribution < -0.4 is 0 Å². The molecule has 4 nitrogen and oxygen atoms in total. The number of ether oxygens (including phenoxy) is 1. The van der Waals surface area contributed by atoms with E-state index in [1.54, 1.807) is 6.92 Å². The highest BCUT2D eigenvalue weighted by molar-refractivity contribution is 5.92. The Bertz CT molecular complexity index is 520. The lowest BCUT2D eigenvalue weighted by molar-refractivity contribution is -0.147. The predicted molar refractivity (Wildman–Crippen MR) is 67.0 cm³/mol. The largest absolute Gasteiger partial charge is 0.454 e. The number of rotatable bonds is 0.